The number of methoxy groups -OCH3 is 1. The van der Waals surface area contributed by atoms with Crippen LogP contribution in [0.1, 0.15) is 25.3 Å². The Morgan fingerprint density at radius 1 is 1.37 bits per heavy atom. The molecule has 2 heterocycles. The number of hydrogen-bond acceptors (Lipinski definition) is 5. The number of nitrogens with one attached hydrogen (secondary N) is 2. The molecule has 9 nitrogen and oxygen atoms in total. The van der Waals surface area contributed by atoms with E-state index in [0.29, 0.717) is 26.1 Å². The number of aromatic nitrogens is 1. The summed E-state index contributed by atoms with van der Waals surface area (Å²) in [4.78, 5) is 37.6. The Morgan fingerprint density at radius 3 is 2.77 bits per heavy atom. The smallest absolute Gasteiger partial charge is 0.290 e. The third-order valence-corrected chi connectivity index (χ3v) is 5.27. The molecule has 0 bridgehead atoms. The van der Waals surface area contributed by atoms with Crippen molar-refractivity contribution in [2.45, 2.75) is 32.2 Å². The van der Waals surface area contributed by atoms with Crippen molar-refractivity contribution in [3.63, 3.8) is 0 Å². The summed E-state index contributed by atoms with van der Waals surface area (Å²) in [6.07, 6.45) is 4.16. The van der Waals surface area contributed by atoms with Crippen molar-refractivity contribution in [1.29, 1.82) is 0 Å². The molecule has 1 aromatic heterocycles. The summed E-state index contributed by atoms with van der Waals surface area (Å²) in [6, 6.07) is 5.84. The number of carboxylic acid groups (broad SMARTS) is 1. The highest BCUT2D eigenvalue weighted by molar-refractivity contribution is 5.85. The van der Waals surface area contributed by atoms with E-state index in [0.717, 1.165) is 35.1 Å². The van der Waals surface area contributed by atoms with E-state index in [1.54, 1.807) is 12.0 Å². The maximum absolute atomic E-state index is 12.6. The first-order chi connectivity index (χ1) is 14.4. The van der Waals surface area contributed by atoms with Crippen LogP contribution >= 0.6 is 0 Å². The van der Waals surface area contributed by atoms with Crippen LogP contribution in [-0.2, 0) is 20.8 Å². The average Bonchev–Trinajstić information content (AvgIpc) is 3.00. The molecule has 1 saturated heterocycles. The number of rotatable bonds is 5. The Bertz CT molecular complexity index is 866. The Balaban J connectivity index is 0.00000101. The number of fused-ring (bicyclic) bond motifs is 1. The number of hydrogen-bond donors (Lipinski definition) is 4. The highest BCUT2D eigenvalue weighted by Gasteiger charge is 2.28. The monoisotopic (exact) mass is 418 g/mol. The van der Waals surface area contributed by atoms with Gasteiger partial charge >= 0.3 is 0 Å². The number of likely N-dealkylation sites (tertiary alicyclic amines) is 1. The van der Waals surface area contributed by atoms with Crippen molar-refractivity contribution in [2.24, 2.45) is 11.7 Å². The Hall–Kier alpha value is -3.07. The maximum atomic E-state index is 12.6. The van der Waals surface area contributed by atoms with Gasteiger partial charge < -0.3 is 30.8 Å². The summed E-state index contributed by atoms with van der Waals surface area (Å²) >= 11 is 0. The summed E-state index contributed by atoms with van der Waals surface area (Å²) in [5.41, 5.74) is 8.21. The van der Waals surface area contributed by atoms with Gasteiger partial charge in [0.05, 0.1) is 13.0 Å². The molecule has 1 aliphatic rings. The number of benzene rings is 1. The van der Waals surface area contributed by atoms with Crippen LogP contribution in [0.2, 0.25) is 0 Å². The third kappa shape index (κ3) is 6.21. The van der Waals surface area contributed by atoms with Crippen molar-refractivity contribution in [1.82, 2.24) is 15.2 Å². The highest BCUT2D eigenvalue weighted by atomic mass is 16.5. The van der Waals surface area contributed by atoms with Gasteiger partial charge in [0.2, 0.25) is 11.8 Å². The fourth-order valence-corrected chi connectivity index (χ4v) is 3.65. The molecule has 0 radical (unpaired) electrons. The number of ether oxygens (including phenoxy) is 1. The summed E-state index contributed by atoms with van der Waals surface area (Å²) in [5, 5.41) is 11.0. The molecule has 1 fully saturated rings. The van der Waals surface area contributed by atoms with Gasteiger partial charge in [0.25, 0.3) is 6.47 Å². The lowest BCUT2D eigenvalue weighted by molar-refractivity contribution is -0.131. The summed E-state index contributed by atoms with van der Waals surface area (Å²) in [7, 11) is 1.65. The standard InChI is InChI=1S/C20H28N4O3.CH2O2/c1-13(25)24-11-15(3-4-16(21)12-24)20(26)22-8-7-14-10-23-19-6-5-17(27-2)9-18(14)19;2-1-3/h5-6,9-10,15-16,23H,3-4,7-8,11-12,21H2,1-2H3,(H,22,26);1H,(H,2,3)/t15-,16+;/m1./s1. The highest BCUT2D eigenvalue weighted by Crippen LogP contribution is 2.24. The molecule has 2 amide bonds. The second-order valence-corrected chi connectivity index (χ2v) is 7.33. The van der Waals surface area contributed by atoms with Crippen LogP contribution in [0.15, 0.2) is 24.4 Å². The largest absolute Gasteiger partial charge is 0.497 e. The number of aromatic amines is 1. The first-order valence-electron chi connectivity index (χ1n) is 9.90. The molecule has 0 unspecified atom stereocenters. The van der Waals surface area contributed by atoms with Crippen LogP contribution < -0.4 is 15.8 Å². The minimum absolute atomic E-state index is 0.00669. The molecule has 2 atom stereocenters. The van der Waals surface area contributed by atoms with E-state index >= 15 is 0 Å². The molecule has 9 heteroatoms. The molecule has 0 aliphatic carbocycles. The zero-order valence-electron chi connectivity index (χ0n) is 17.4. The van der Waals surface area contributed by atoms with Gasteiger partial charge in [-0.15, -0.1) is 0 Å². The number of carbonyl (C=O) groups is 3. The van der Waals surface area contributed by atoms with Gasteiger partial charge in [0.15, 0.2) is 0 Å². The molecule has 0 saturated carbocycles. The molecule has 0 spiro atoms. The predicted octanol–water partition coefficient (Wildman–Crippen LogP) is 1.12. The average molecular weight is 418 g/mol. The van der Waals surface area contributed by atoms with E-state index in [1.807, 2.05) is 24.4 Å². The van der Waals surface area contributed by atoms with E-state index in [4.69, 9.17) is 20.4 Å². The van der Waals surface area contributed by atoms with Crippen LogP contribution in [0.5, 0.6) is 5.75 Å². The molecular weight excluding hydrogens is 388 g/mol. The normalized spacial score (nSPS) is 18.7. The van der Waals surface area contributed by atoms with Gasteiger partial charge in [-0.3, -0.25) is 14.4 Å². The first-order valence-corrected chi connectivity index (χ1v) is 9.90. The minimum Gasteiger partial charge on any atom is -0.497 e. The number of nitrogens with zero attached hydrogens (tertiary/aromatic N) is 1. The van der Waals surface area contributed by atoms with E-state index < -0.39 is 0 Å². The predicted molar refractivity (Wildman–Crippen MR) is 113 cm³/mol. The molecule has 5 N–H and O–H groups in total. The third-order valence-electron chi connectivity index (χ3n) is 5.27. The number of nitrogens with two attached hydrogens (primary N) is 1. The molecule has 2 aromatic rings. The Morgan fingerprint density at radius 2 is 2.10 bits per heavy atom. The van der Waals surface area contributed by atoms with Crippen LogP contribution in [0, 0.1) is 5.92 Å². The van der Waals surface area contributed by atoms with Crippen molar-refractivity contribution < 1.29 is 24.2 Å². The van der Waals surface area contributed by atoms with Gasteiger partial charge in [0.1, 0.15) is 5.75 Å². The lowest BCUT2D eigenvalue weighted by Gasteiger charge is -2.23. The van der Waals surface area contributed by atoms with Crippen molar-refractivity contribution in [3.8, 4) is 5.75 Å². The van der Waals surface area contributed by atoms with Gasteiger partial charge in [-0.05, 0) is 43.0 Å². The topological polar surface area (TPSA) is 138 Å². The van der Waals surface area contributed by atoms with E-state index in [-0.39, 0.29) is 30.2 Å². The van der Waals surface area contributed by atoms with Gasteiger partial charge in [-0.25, -0.2) is 0 Å². The fraction of sp³-hybridized carbons (Fsp3) is 0.476. The minimum atomic E-state index is -0.250. The molecule has 164 valence electrons. The Labute approximate surface area is 175 Å². The van der Waals surface area contributed by atoms with Gasteiger partial charge in [-0.2, -0.15) is 0 Å². The first kappa shape index (κ1) is 23.2. The Kier molecular flexibility index (Phi) is 8.67. The summed E-state index contributed by atoms with van der Waals surface area (Å²) in [6.45, 7) is 2.79. The molecular formula is C21H30N4O5. The van der Waals surface area contributed by atoms with Crippen LogP contribution in [0.3, 0.4) is 0 Å². The fourth-order valence-electron chi connectivity index (χ4n) is 3.65. The van der Waals surface area contributed by atoms with Crippen molar-refractivity contribution in [2.75, 3.05) is 26.7 Å². The zero-order chi connectivity index (χ0) is 22.1. The number of H-pyrrole nitrogens is 1. The van der Waals surface area contributed by atoms with Crippen LogP contribution in [-0.4, -0.2) is 66.1 Å². The SMILES string of the molecule is COc1ccc2[nH]cc(CCNC(=O)[C@@H]3CC[C@H](N)CN(C(C)=O)C3)c2c1.O=CO. The lowest BCUT2D eigenvalue weighted by Crippen LogP contribution is -2.42. The van der Waals surface area contributed by atoms with E-state index in [1.165, 1.54) is 6.92 Å². The number of amides is 2. The van der Waals surface area contributed by atoms with Crippen LogP contribution in [0.4, 0.5) is 0 Å². The molecule has 30 heavy (non-hydrogen) atoms. The van der Waals surface area contributed by atoms with Crippen molar-refractivity contribution >= 4 is 29.2 Å². The lowest BCUT2D eigenvalue weighted by atomic mass is 10.0. The quantitative estimate of drug-likeness (QED) is 0.537. The van der Waals surface area contributed by atoms with Crippen LogP contribution in [0.25, 0.3) is 10.9 Å². The second kappa shape index (κ2) is 11.2. The molecule has 1 aromatic carbocycles. The van der Waals surface area contributed by atoms with E-state index in [2.05, 4.69) is 10.3 Å². The summed E-state index contributed by atoms with van der Waals surface area (Å²) < 4.78 is 5.29. The van der Waals surface area contributed by atoms with Gasteiger partial charge in [-0.1, -0.05) is 0 Å². The molecule has 3 rings (SSSR count). The second-order valence-electron chi connectivity index (χ2n) is 7.33. The van der Waals surface area contributed by atoms with Crippen molar-refractivity contribution in [3.05, 3.63) is 30.0 Å². The molecule has 1 aliphatic heterocycles. The van der Waals surface area contributed by atoms with Gasteiger partial charge in [0, 0.05) is 49.7 Å². The number of carbonyl (C=O) groups excluding carboxylic acids is 2. The maximum Gasteiger partial charge on any atom is 0.290 e. The summed E-state index contributed by atoms with van der Waals surface area (Å²) in [5.74, 6) is 0.572. The van der Waals surface area contributed by atoms with E-state index in [9.17, 15) is 9.59 Å². The zero-order valence-corrected chi connectivity index (χ0v) is 17.4.